The van der Waals surface area contributed by atoms with Crippen LogP contribution in [0.5, 0.6) is 0 Å². The van der Waals surface area contributed by atoms with Crippen molar-refractivity contribution in [2.45, 2.75) is 26.9 Å². The first-order chi connectivity index (χ1) is 12.8. The van der Waals surface area contributed by atoms with Gasteiger partial charge in [0.1, 0.15) is 5.82 Å². The first kappa shape index (κ1) is 19.7. The van der Waals surface area contributed by atoms with Crippen LogP contribution >= 0.6 is 23.2 Å². The van der Waals surface area contributed by atoms with Crippen molar-refractivity contribution in [1.29, 1.82) is 0 Å². The summed E-state index contributed by atoms with van der Waals surface area (Å²) in [7, 11) is 1.60. The smallest absolute Gasteiger partial charge is 0.317 e. The number of aromatic amines is 1. The normalized spacial score (nSPS) is 11.6. The summed E-state index contributed by atoms with van der Waals surface area (Å²) in [4.78, 5) is 33.7. The van der Waals surface area contributed by atoms with Crippen molar-refractivity contribution >= 4 is 34.4 Å². The lowest BCUT2D eigenvalue weighted by atomic mass is 10.2. The Labute approximate surface area is 166 Å². The fourth-order valence-corrected chi connectivity index (χ4v) is 3.36. The molecular formula is C18H21Cl2N5O2. The molecule has 0 aliphatic rings. The lowest BCUT2D eigenvalue weighted by molar-refractivity contribution is 0.285. The molecule has 0 saturated carbocycles. The van der Waals surface area contributed by atoms with E-state index in [2.05, 4.69) is 28.7 Å². The highest BCUT2D eigenvalue weighted by atomic mass is 35.5. The fourth-order valence-electron chi connectivity index (χ4n) is 3.04. The van der Waals surface area contributed by atoms with Crippen LogP contribution in [-0.4, -0.2) is 37.1 Å². The maximum Gasteiger partial charge on any atom is 0.329 e. The molecule has 9 heteroatoms. The molecule has 1 aromatic carbocycles. The van der Waals surface area contributed by atoms with Gasteiger partial charge in [0.05, 0.1) is 16.6 Å². The Bertz CT molecular complexity index is 1100. The Hall–Kier alpha value is -2.09. The van der Waals surface area contributed by atoms with Gasteiger partial charge in [-0.1, -0.05) is 43.1 Å². The number of benzene rings is 1. The number of nitrogens with zero attached hydrogens (tertiary/aromatic N) is 4. The molecule has 0 aliphatic carbocycles. The van der Waals surface area contributed by atoms with E-state index in [4.69, 9.17) is 23.2 Å². The Morgan fingerprint density at radius 2 is 1.85 bits per heavy atom. The molecule has 0 saturated heterocycles. The van der Waals surface area contributed by atoms with Gasteiger partial charge in [-0.15, -0.1) is 0 Å². The van der Waals surface area contributed by atoms with E-state index in [1.165, 1.54) is 4.57 Å². The van der Waals surface area contributed by atoms with Crippen molar-refractivity contribution in [2.24, 2.45) is 7.05 Å². The average Bonchev–Trinajstić information content (AvgIpc) is 2.99. The highest BCUT2D eigenvalue weighted by Gasteiger charge is 2.19. The number of halogens is 2. The van der Waals surface area contributed by atoms with Crippen molar-refractivity contribution in [3.05, 3.63) is 60.5 Å². The number of fused-ring (bicyclic) bond motifs is 1. The summed E-state index contributed by atoms with van der Waals surface area (Å²) >= 11 is 12.1. The van der Waals surface area contributed by atoms with Gasteiger partial charge in [-0.3, -0.25) is 19.2 Å². The van der Waals surface area contributed by atoms with Crippen LogP contribution in [-0.2, 0) is 20.1 Å². The second-order valence-corrected chi connectivity index (χ2v) is 7.13. The molecule has 0 bridgehead atoms. The van der Waals surface area contributed by atoms with E-state index in [1.54, 1.807) is 19.2 Å². The van der Waals surface area contributed by atoms with Gasteiger partial charge >= 0.3 is 5.69 Å². The lowest BCUT2D eigenvalue weighted by Gasteiger charge is -2.18. The summed E-state index contributed by atoms with van der Waals surface area (Å²) in [5.74, 6) is 0.714. The van der Waals surface area contributed by atoms with E-state index in [0.29, 0.717) is 40.1 Å². The van der Waals surface area contributed by atoms with Gasteiger partial charge in [0.15, 0.2) is 11.2 Å². The molecule has 2 heterocycles. The first-order valence-corrected chi connectivity index (χ1v) is 9.46. The highest BCUT2D eigenvalue weighted by Crippen LogP contribution is 2.24. The zero-order valence-corrected chi connectivity index (χ0v) is 16.9. The van der Waals surface area contributed by atoms with Crippen LogP contribution in [0.25, 0.3) is 11.2 Å². The van der Waals surface area contributed by atoms with Crippen molar-refractivity contribution < 1.29 is 0 Å². The molecule has 27 heavy (non-hydrogen) atoms. The van der Waals surface area contributed by atoms with Crippen LogP contribution in [0, 0.1) is 0 Å². The van der Waals surface area contributed by atoms with E-state index in [9.17, 15) is 9.59 Å². The molecule has 0 amide bonds. The predicted octanol–water partition coefficient (Wildman–Crippen LogP) is 2.62. The predicted molar refractivity (Wildman–Crippen MR) is 108 cm³/mol. The van der Waals surface area contributed by atoms with Gasteiger partial charge in [-0.2, -0.15) is 0 Å². The largest absolute Gasteiger partial charge is 0.329 e. The molecule has 3 rings (SSSR count). The van der Waals surface area contributed by atoms with Crippen LogP contribution in [0.4, 0.5) is 0 Å². The summed E-state index contributed by atoms with van der Waals surface area (Å²) in [5.41, 5.74) is 0.682. The quantitative estimate of drug-likeness (QED) is 0.678. The number of H-pyrrole nitrogens is 1. The third-order valence-electron chi connectivity index (χ3n) is 4.67. The number of nitrogens with one attached hydrogen (secondary N) is 1. The minimum atomic E-state index is -0.485. The second kappa shape index (κ2) is 7.88. The number of hydrogen-bond acceptors (Lipinski definition) is 4. The van der Waals surface area contributed by atoms with E-state index in [-0.39, 0.29) is 0 Å². The molecule has 144 valence electrons. The third-order valence-corrected chi connectivity index (χ3v) is 5.41. The topological polar surface area (TPSA) is 75.9 Å². The van der Waals surface area contributed by atoms with Gasteiger partial charge in [0.25, 0.3) is 5.56 Å². The van der Waals surface area contributed by atoms with Crippen LogP contribution in [0.3, 0.4) is 0 Å². The standard InChI is InChI=1S/C18H21Cl2N5O2/c1-4-24(5-2)10-14-21-16-15(17(26)22-18(27)23(16)3)25(14)9-11-6-7-12(19)13(20)8-11/h6-8H,4-5,9-10H2,1-3H3,(H,22,26,27). The molecule has 0 radical (unpaired) electrons. The third kappa shape index (κ3) is 3.81. The van der Waals surface area contributed by atoms with Crippen molar-refractivity contribution in [3.63, 3.8) is 0 Å². The SMILES string of the molecule is CCN(CC)Cc1nc2c(c(=O)[nH]c(=O)n2C)n1Cc1ccc(Cl)c(Cl)c1. The molecular weight excluding hydrogens is 389 g/mol. The molecule has 7 nitrogen and oxygen atoms in total. The molecule has 0 spiro atoms. The van der Waals surface area contributed by atoms with Crippen LogP contribution < -0.4 is 11.2 Å². The zero-order chi connectivity index (χ0) is 19.7. The minimum absolute atomic E-state index is 0.366. The number of aryl methyl sites for hydroxylation is 1. The summed E-state index contributed by atoms with van der Waals surface area (Å²) in [6, 6.07) is 5.35. The number of aromatic nitrogens is 4. The highest BCUT2D eigenvalue weighted by molar-refractivity contribution is 6.42. The Kier molecular flexibility index (Phi) is 5.74. The van der Waals surface area contributed by atoms with Gasteiger partial charge < -0.3 is 4.57 Å². The molecule has 2 aromatic heterocycles. The van der Waals surface area contributed by atoms with Crippen LogP contribution in [0.15, 0.2) is 27.8 Å². The Balaban J connectivity index is 2.20. The molecule has 0 fully saturated rings. The van der Waals surface area contributed by atoms with E-state index >= 15 is 0 Å². The second-order valence-electron chi connectivity index (χ2n) is 6.31. The van der Waals surface area contributed by atoms with E-state index < -0.39 is 11.2 Å². The van der Waals surface area contributed by atoms with Crippen molar-refractivity contribution in [1.82, 2.24) is 24.0 Å². The first-order valence-electron chi connectivity index (χ1n) is 8.70. The van der Waals surface area contributed by atoms with E-state index in [1.807, 2.05) is 10.6 Å². The summed E-state index contributed by atoms with van der Waals surface area (Å²) in [5, 5.41) is 0.921. The van der Waals surface area contributed by atoms with Crippen molar-refractivity contribution in [2.75, 3.05) is 13.1 Å². The maximum atomic E-state index is 12.5. The van der Waals surface area contributed by atoms with Crippen LogP contribution in [0.1, 0.15) is 25.2 Å². The zero-order valence-electron chi connectivity index (χ0n) is 15.4. The van der Waals surface area contributed by atoms with Gasteiger partial charge in [0, 0.05) is 13.6 Å². The molecule has 0 atom stereocenters. The molecule has 0 aliphatic heterocycles. The van der Waals surface area contributed by atoms with Crippen LogP contribution in [0.2, 0.25) is 10.0 Å². The number of rotatable bonds is 6. The van der Waals surface area contributed by atoms with E-state index in [0.717, 1.165) is 18.7 Å². The summed E-state index contributed by atoms with van der Waals surface area (Å²) in [6.45, 7) is 6.79. The van der Waals surface area contributed by atoms with Gasteiger partial charge in [-0.05, 0) is 30.8 Å². The Morgan fingerprint density at radius 3 is 2.48 bits per heavy atom. The summed E-state index contributed by atoms with van der Waals surface area (Å²) < 4.78 is 3.19. The number of imidazole rings is 1. The average molecular weight is 410 g/mol. The number of hydrogen-bond donors (Lipinski definition) is 1. The van der Waals surface area contributed by atoms with Gasteiger partial charge in [0.2, 0.25) is 0 Å². The molecule has 0 unspecified atom stereocenters. The minimum Gasteiger partial charge on any atom is -0.317 e. The lowest BCUT2D eigenvalue weighted by Crippen LogP contribution is -2.29. The van der Waals surface area contributed by atoms with Crippen molar-refractivity contribution in [3.8, 4) is 0 Å². The summed E-state index contributed by atoms with van der Waals surface area (Å²) in [6.07, 6.45) is 0. The fraction of sp³-hybridized carbons (Fsp3) is 0.389. The van der Waals surface area contributed by atoms with Gasteiger partial charge in [-0.25, -0.2) is 9.78 Å². The maximum absolute atomic E-state index is 12.5. The molecule has 1 N–H and O–H groups in total. The monoisotopic (exact) mass is 409 g/mol. The Morgan fingerprint density at radius 1 is 1.15 bits per heavy atom. The molecule has 3 aromatic rings.